The second kappa shape index (κ2) is 8.80. The summed E-state index contributed by atoms with van der Waals surface area (Å²) in [5.41, 5.74) is 3.80. The molecule has 3 amide bonds. The maximum absolute atomic E-state index is 12.1. The summed E-state index contributed by atoms with van der Waals surface area (Å²) in [7, 11) is 0. The van der Waals surface area contributed by atoms with Crippen LogP contribution in [0.3, 0.4) is 0 Å². The van der Waals surface area contributed by atoms with E-state index in [4.69, 9.17) is 0 Å². The van der Waals surface area contributed by atoms with Gasteiger partial charge in [-0.25, -0.2) is 0 Å². The first-order valence-electron chi connectivity index (χ1n) is 8.37. The highest BCUT2D eigenvalue weighted by Gasteiger charge is 2.08. The molecule has 0 unspecified atom stereocenters. The van der Waals surface area contributed by atoms with Gasteiger partial charge in [0.2, 0.25) is 5.91 Å². The van der Waals surface area contributed by atoms with Gasteiger partial charge in [0.25, 0.3) is 11.8 Å². The first-order valence-corrected chi connectivity index (χ1v) is 8.37. The van der Waals surface area contributed by atoms with E-state index in [-0.39, 0.29) is 17.7 Å². The molecule has 0 aliphatic carbocycles. The van der Waals surface area contributed by atoms with Gasteiger partial charge in [0.1, 0.15) is 0 Å². The lowest BCUT2D eigenvalue weighted by Crippen LogP contribution is -2.34. The van der Waals surface area contributed by atoms with Crippen LogP contribution >= 0.6 is 0 Å². The van der Waals surface area contributed by atoms with E-state index in [1.165, 1.54) is 6.92 Å². The van der Waals surface area contributed by atoms with Gasteiger partial charge in [-0.3, -0.25) is 14.4 Å². The number of benzene rings is 2. The zero-order valence-electron chi connectivity index (χ0n) is 15.2. The van der Waals surface area contributed by atoms with E-state index < -0.39 is 0 Å². The molecule has 3 N–H and O–H groups in total. The summed E-state index contributed by atoms with van der Waals surface area (Å²) in [6.07, 6.45) is 0. The predicted octanol–water partition coefficient (Wildman–Crippen LogP) is 2.42. The summed E-state index contributed by atoms with van der Waals surface area (Å²) in [4.78, 5) is 35.2. The highest BCUT2D eigenvalue weighted by atomic mass is 16.2. The van der Waals surface area contributed by atoms with Gasteiger partial charge in [0, 0.05) is 36.8 Å². The average molecular weight is 353 g/mol. The van der Waals surface area contributed by atoms with Gasteiger partial charge in [-0.15, -0.1) is 0 Å². The van der Waals surface area contributed by atoms with Crippen LogP contribution in [0.25, 0.3) is 0 Å². The number of nitrogens with one attached hydrogen (secondary N) is 3. The quantitative estimate of drug-likeness (QED) is 0.697. The second-order valence-electron chi connectivity index (χ2n) is 6.15. The van der Waals surface area contributed by atoms with Gasteiger partial charge in [0.05, 0.1) is 0 Å². The molecule has 136 valence electrons. The molecule has 0 radical (unpaired) electrons. The van der Waals surface area contributed by atoms with Crippen molar-refractivity contribution in [1.29, 1.82) is 0 Å². The molecule has 2 aromatic carbocycles. The molecule has 0 aliphatic rings. The Morgan fingerprint density at radius 3 is 1.77 bits per heavy atom. The third-order valence-corrected chi connectivity index (χ3v) is 3.65. The summed E-state index contributed by atoms with van der Waals surface area (Å²) >= 11 is 0. The summed E-state index contributed by atoms with van der Waals surface area (Å²) < 4.78 is 0. The van der Waals surface area contributed by atoms with Gasteiger partial charge in [0.15, 0.2) is 0 Å². The first kappa shape index (κ1) is 19.2. The van der Waals surface area contributed by atoms with Crippen molar-refractivity contribution < 1.29 is 14.4 Å². The Bertz CT molecular complexity index is 793. The Labute approximate surface area is 153 Å². The molecular weight excluding hydrogens is 330 g/mol. The number of hydrogen-bond acceptors (Lipinski definition) is 3. The number of anilines is 1. The van der Waals surface area contributed by atoms with Crippen LogP contribution in [0.5, 0.6) is 0 Å². The maximum atomic E-state index is 12.1. The van der Waals surface area contributed by atoms with Gasteiger partial charge < -0.3 is 16.0 Å². The highest BCUT2D eigenvalue weighted by molar-refractivity contribution is 5.96. The molecule has 0 bridgehead atoms. The minimum absolute atomic E-state index is 0.161. The van der Waals surface area contributed by atoms with Crippen molar-refractivity contribution >= 4 is 23.4 Å². The molecule has 0 fully saturated rings. The lowest BCUT2D eigenvalue weighted by atomic mass is 10.1. The van der Waals surface area contributed by atoms with E-state index in [9.17, 15) is 14.4 Å². The number of rotatable bonds is 6. The fourth-order valence-electron chi connectivity index (χ4n) is 2.57. The minimum atomic E-state index is -0.236. The Morgan fingerprint density at radius 2 is 1.27 bits per heavy atom. The zero-order chi connectivity index (χ0) is 19.1. The van der Waals surface area contributed by atoms with Crippen molar-refractivity contribution in [2.75, 3.05) is 18.4 Å². The van der Waals surface area contributed by atoms with Crippen LogP contribution in [-0.2, 0) is 4.79 Å². The topological polar surface area (TPSA) is 87.3 Å². The molecule has 0 spiro atoms. The minimum Gasteiger partial charge on any atom is -0.350 e. The molecule has 0 atom stereocenters. The van der Waals surface area contributed by atoms with Crippen molar-refractivity contribution in [3.05, 3.63) is 64.7 Å². The number of carbonyl (C=O) groups excluding carboxylic acids is 3. The second-order valence-corrected chi connectivity index (χ2v) is 6.15. The fourth-order valence-corrected chi connectivity index (χ4v) is 2.57. The van der Waals surface area contributed by atoms with Crippen LogP contribution in [-0.4, -0.2) is 30.8 Å². The molecule has 0 saturated heterocycles. The van der Waals surface area contributed by atoms with Crippen molar-refractivity contribution in [1.82, 2.24) is 10.6 Å². The van der Waals surface area contributed by atoms with E-state index in [0.717, 1.165) is 11.1 Å². The first-order chi connectivity index (χ1) is 12.3. The van der Waals surface area contributed by atoms with Crippen LogP contribution in [0.4, 0.5) is 5.69 Å². The number of carbonyl (C=O) groups is 3. The van der Waals surface area contributed by atoms with E-state index >= 15 is 0 Å². The van der Waals surface area contributed by atoms with E-state index in [0.29, 0.717) is 29.9 Å². The van der Waals surface area contributed by atoms with Crippen molar-refractivity contribution in [3.63, 3.8) is 0 Å². The van der Waals surface area contributed by atoms with Crippen LogP contribution in [0.2, 0.25) is 0 Å². The Kier molecular flexibility index (Phi) is 6.49. The van der Waals surface area contributed by atoms with Crippen molar-refractivity contribution in [3.8, 4) is 0 Å². The summed E-state index contributed by atoms with van der Waals surface area (Å²) in [5.74, 6) is -0.563. The van der Waals surface area contributed by atoms with Gasteiger partial charge >= 0.3 is 0 Å². The monoisotopic (exact) mass is 353 g/mol. The molecule has 0 saturated carbocycles. The van der Waals surface area contributed by atoms with E-state index in [1.807, 2.05) is 32.0 Å². The van der Waals surface area contributed by atoms with Crippen LogP contribution in [0.1, 0.15) is 38.8 Å². The zero-order valence-corrected chi connectivity index (χ0v) is 15.2. The van der Waals surface area contributed by atoms with Gasteiger partial charge in [-0.2, -0.15) is 0 Å². The molecule has 6 nitrogen and oxygen atoms in total. The lowest BCUT2D eigenvalue weighted by molar-refractivity contribution is -0.114. The third kappa shape index (κ3) is 5.73. The molecule has 0 aromatic heterocycles. The van der Waals surface area contributed by atoms with Crippen molar-refractivity contribution in [2.45, 2.75) is 20.8 Å². The summed E-state index contributed by atoms with van der Waals surface area (Å²) in [5, 5.41) is 8.18. The maximum Gasteiger partial charge on any atom is 0.251 e. The normalized spacial score (nSPS) is 10.1. The van der Waals surface area contributed by atoms with E-state index in [1.54, 1.807) is 24.3 Å². The molecule has 0 heterocycles. The largest absolute Gasteiger partial charge is 0.350 e. The van der Waals surface area contributed by atoms with Crippen LogP contribution in [0, 0.1) is 13.8 Å². The third-order valence-electron chi connectivity index (χ3n) is 3.65. The number of hydrogen-bond donors (Lipinski definition) is 3. The summed E-state index contributed by atoms with van der Waals surface area (Å²) in [6, 6.07) is 12.3. The summed E-state index contributed by atoms with van der Waals surface area (Å²) in [6.45, 7) is 5.97. The molecular formula is C20H23N3O3. The van der Waals surface area contributed by atoms with Gasteiger partial charge in [-0.05, 0) is 50.2 Å². The van der Waals surface area contributed by atoms with Crippen LogP contribution < -0.4 is 16.0 Å². The predicted molar refractivity (Wildman–Crippen MR) is 101 cm³/mol. The molecule has 6 heteroatoms. The van der Waals surface area contributed by atoms with Crippen molar-refractivity contribution in [2.24, 2.45) is 0 Å². The Hall–Kier alpha value is -3.15. The number of amides is 3. The van der Waals surface area contributed by atoms with Crippen LogP contribution in [0.15, 0.2) is 42.5 Å². The SMILES string of the molecule is CC(=O)Nc1ccc(C(=O)NCCNC(=O)c2cc(C)cc(C)c2)cc1. The fraction of sp³-hybridized carbons (Fsp3) is 0.250. The molecule has 2 aromatic rings. The standard InChI is InChI=1S/C20H23N3O3/c1-13-10-14(2)12-17(11-13)20(26)22-9-8-21-19(25)16-4-6-18(7-5-16)23-15(3)24/h4-7,10-12H,8-9H2,1-3H3,(H,21,25)(H,22,26)(H,23,24). The van der Waals surface area contributed by atoms with Gasteiger partial charge in [-0.1, -0.05) is 17.2 Å². The smallest absolute Gasteiger partial charge is 0.251 e. The molecule has 26 heavy (non-hydrogen) atoms. The Morgan fingerprint density at radius 1 is 0.769 bits per heavy atom. The Balaban J connectivity index is 1.79. The molecule has 0 aliphatic heterocycles. The molecule has 2 rings (SSSR count). The lowest BCUT2D eigenvalue weighted by Gasteiger charge is -2.09. The average Bonchev–Trinajstić information content (AvgIpc) is 2.57. The van der Waals surface area contributed by atoms with E-state index in [2.05, 4.69) is 16.0 Å². The number of aryl methyl sites for hydroxylation is 2. The highest BCUT2D eigenvalue weighted by Crippen LogP contribution is 2.10.